The minimum atomic E-state index is -0.554. The van der Waals surface area contributed by atoms with E-state index in [2.05, 4.69) is 15.4 Å². The van der Waals surface area contributed by atoms with Crippen molar-refractivity contribution in [1.82, 2.24) is 14.3 Å². The van der Waals surface area contributed by atoms with E-state index in [1.807, 2.05) is 0 Å². The molecule has 0 radical (unpaired) electrons. The van der Waals surface area contributed by atoms with Gasteiger partial charge in [0.05, 0.1) is 0 Å². The van der Waals surface area contributed by atoms with Crippen LogP contribution in [0.15, 0.2) is 25.6 Å². The lowest BCUT2D eigenvalue weighted by atomic mass is 10.4. The molecule has 0 saturated carbocycles. The van der Waals surface area contributed by atoms with Crippen molar-refractivity contribution in [3.05, 3.63) is 27.0 Å². The molecule has 0 amide bonds. The van der Waals surface area contributed by atoms with E-state index in [0.29, 0.717) is 18.8 Å². The average molecular weight is 308 g/mol. The van der Waals surface area contributed by atoms with Crippen molar-refractivity contribution in [2.75, 3.05) is 0 Å². The Morgan fingerprint density at radius 1 is 1.33 bits per heavy atom. The summed E-state index contributed by atoms with van der Waals surface area (Å²) in [7, 11) is 0. The lowest BCUT2D eigenvalue weighted by Gasteiger charge is -2.19. The molecule has 0 bridgehead atoms. The second-order valence-corrected chi connectivity index (χ2v) is 4.59. The van der Waals surface area contributed by atoms with Crippen molar-refractivity contribution >= 4 is 23.7 Å². The number of aromatic nitrogens is 3. The maximum Gasteiger partial charge on any atom is 0.281 e. The lowest BCUT2D eigenvalue weighted by molar-refractivity contribution is -0.279. The average Bonchev–Trinajstić information content (AvgIpc) is 2.85. The van der Waals surface area contributed by atoms with Gasteiger partial charge in [0.15, 0.2) is 10.5 Å². The summed E-state index contributed by atoms with van der Waals surface area (Å²) in [6, 6.07) is 1.54. The molecule has 2 aromatic rings. The molecule has 2 heterocycles. The molecule has 8 nitrogen and oxygen atoms in total. The molecule has 0 fully saturated rings. The van der Waals surface area contributed by atoms with Gasteiger partial charge < -0.3 is 14.2 Å². The highest BCUT2D eigenvalue weighted by Gasteiger charge is 2.10. The van der Waals surface area contributed by atoms with Gasteiger partial charge in [-0.05, 0) is 38.9 Å². The Morgan fingerprint density at radius 3 is 2.52 bits per heavy atom. The van der Waals surface area contributed by atoms with Gasteiger partial charge in [0.25, 0.3) is 5.56 Å². The summed E-state index contributed by atoms with van der Waals surface area (Å²) in [5.74, 6) is 0.197. The first-order chi connectivity index (χ1) is 9.99. The topological polar surface area (TPSA) is 101 Å². The quantitative estimate of drug-likeness (QED) is 0.636. The molecule has 0 spiro atoms. The molecule has 2 rings (SSSR count). The standard InChI is InChI=1S/C12H15N5O3S/c1-4-16-10(18)9(11(19)17(5-2)12(16)21)14-13-8-6-7(3)20-15-8/h6,18H,4-5H2,1-3H3/p-1. The predicted octanol–water partition coefficient (Wildman–Crippen LogP) is 2.20. The summed E-state index contributed by atoms with van der Waals surface area (Å²) < 4.78 is 7.64. The molecule has 0 saturated heterocycles. The molecule has 0 unspecified atom stereocenters. The van der Waals surface area contributed by atoms with E-state index in [1.165, 1.54) is 9.13 Å². The van der Waals surface area contributed by atoms with E-state index in [4.69, 9.17) is 16.7 Å². The summed E-state index contributed by atoms with van der Waals surface area (Å²) in [6.07, 6.45) is 0. The zero-order valence-corrected chi connectivity index (χ0v) is 12.7. The summed E-state index contributed by atoms with van der Waals surface area (Å²) in [5.41, 5.74) is -0.839. The first-order valence-corrected chi connectivity index (χ1v) is 6.80. The summed E-state index contributed by atoms with van der Waals surface area (Å²) in [5, 5.41) is 23.3. The summed E-state index contributed by atoms with van der Waals surface area (Å²) in [4.78, 5) is 12.2. The van der Waals surface area contributed by atoms with Crippen LogP contribution in [0.4, 0.5) is 11.5 Å². The zero-order valence-electron chi connectivity index (χ0n) is 11.9. The van der Waals surface area contributed by atoms with E-state index >= 15 is 0 Å². The third kappa shape index (κ3) is 2.77. The van der Waals surface area contributed by atoms with E-state index < -0.39 is 11.4 Å². The molecular weight excluding hydrogens is 294 g/mol. The van der Waals surface area contributed by atoms with Gasteiger partial charge in [-0.1, -0.05) is 5.16 Å². The van der Waals surface area contributed by atoms with Gasteiger partial charge in [-0.3, -0.25) is 9.36 Å². The molecule has 0 atom stereocenters. The Kier molecular flexibility index (Phi) is 4.32. The first kappa shape index (κ1) is 15.1. The van der Waals surface area contributed by atoms with Crippen LogP contribution in [0, 0.1) is 11.7 Å². The zero-order chi connectivity index (χ0) is 15.6. The van der Waals surface area contributed by atoms with Crippen LogP contribution in [-0.2, 0) is 13.1 Å². The van der Waals surface area contributed by atoms with Crippen LogP contribution < -0.4 is 10.7 Å². The van der Waals surface area contributed by atoms with Crippen molar-refractivity contribution in [3.63, 3.8) is 0 Å². The van der Waals surface area contributed by atoms with Crippen LogP contribution in [0.1, 0.15) is 19.6 Å². The number of hydrogen-bond acceptors (Lipinski definition) is 7. The second-order valence-electron chi connectivity index (χ2n) is 4.23. The van der Waals surface area contributed by atoms with Crippen LogP contribution >= 0.6 is 12.2 Å². The Hall–Kier alpha value is -2.29. The minimum Gasteiger partial charge on any atom is -0.858 e. The predicted molar refractivity (Wildman–Crippen MR) is 75.7 cm³/mol. The third-order valence-corrected chi connectivity index (χ3v) is 3.30. The van der Waals surface area contributed by atoms with Crippen LogP contribution in [0.5, 0.6) is 5.88 Å². The van der Waals surface area contributed by atoms with Crippen LogP contribution in [0.3, 0.4) is 0 Å². The second kappa shape index (κ2) is 6.00. The van der Waals surface area contributed by atoms with Gasteiger partial charge in [0.1, 0.15) is 5.76 Å². The highest BCUT2D eigenvalue weighted by atomic mass is 32.1. The third-order valence-electron chi connectivity index (χ3n) is 2.86. The molecule has 112 valence electrons. The molecule has 21 heavy (non-hydrogen) atoms. The maximum absolute atomic E-state index is 12.2. The van der Waals surface area contributed by atoms with Crippen molar-refractivity contribution in [2.45, 2.75) is 33.9 Å². The molecular formula is C12H14N5O3S-. The van der Waals surface area contributed by atoms with Crippen molar-refractivity contribution in [3.8, 4) is 5.88 Å². The normalized spacial score (nSPS) is 11.4. The molecule has 0 N–H and O–H groups in total. The SMILES string of the molecule is CCn1c([O-])c(N=Nc2cc(C)on2)c(=O)n(CC)c1=S. The Labute approximate surface area is 125 Å². The van der Waals surface area contributed by atoms with Crippen molar-refractivity contribution in [1.29, 1.82) is 0 Å². The summed E-state index contributed by atoms with van der Waals surface area (Å²) >= 11 is 5.13. The van der Waals surface area contributed by atoms with Crippen LogP contribution in [-0.4, -0.2) is 14.3 Å². The summed E-state index contributed by atoms with van der Waals surface area (Å²) in [6.45, 7) is 5.94. The smallest absolute Gasteiger partial charge is 0.281 e. The van der Waals surface area contributed by atoms with E-state index in [-0.39, 0.29) is 16.3 Å². The van der Waals surface area contributed by atoms with Crippen LogP contribution in [0.2, 0.25) is 0 Å². The minimum absolute atomic E-state index is 0.186. The molecule has 0 aliphatic heterocycles. The van der Waals surface area contributed by atoms with E-state index in [9.17, 15) is 9.90 Å². The van der Waals surface area contributed by atoms with E-state index in [1.54, 1.807) is 26.8 Å². The van der Waals surface area contributed by atoms with Crippen molar-refractivity contribution in [2.24, 2.45) is 10.2 Å². The fourth-order valence-corrected chi connectivity index (χ4v) is 2.24. The highest BCUT2D eigenvalue weighted by molar-refractivity contribution is 7.71. The number of hydrogen-bond donors (Lipinski definition) is 0. The Bertz CT molecular complexity index is 802. The number of aryl methyl sites for hydroxylation is 1. The maximum atomic E-state index is 12.2. The molecule has 2 aromatic heterocycles. The first-order valence-electron chi connectivity index (χ1n) is 6.39. The van der Waals surface area contributed by atoms with Gasteiger partial charge in [-0.2, -0.15) is 0 Å². The molecule has 0 aliphatic rings. The van der Waals surface area contributed by atoms with Gasteiger partial charge in [-0.15, -0.1) is 10.2 Å². The van der Waals surface area contributed by atoms with Gasteiger partial charge >= 0.3 is 0 Å². The number of rotatable bonds is 4. The fourth-order valence-electron chi connectivity index (χ4n) is 1.81. The van der Waals surface area contributed by atoms with Crippen molar-refractivity contribution < 1.29 is 9.63 Å². The molecule has 0 aliphatic carbocycles. The van der Waals surface area contributed by atoms with Gasteiger partial charge in [-0.25, -0.2) is 0 Å². The van der Waals surface area contributed by atoms with E-state index in [0.717, 1.165) is 0 Å². The van der Waals surface area contributed by atoms with Crippen LogP contribution in [0.25, 0.3) is 0 Å². The Balaban J connectivity index is 2.60. The Morgan fingerprint density at radius 2 is 2.00 bits per heavy atom. The van der Waals surface area contributed by atoms with Gasteiger partial charge in [0.2, 0.25) is 5.82 Å². The molecule has 0 aromatic carbocycles. The lowest BCUT2D eigenvalue weighted by Crippen LogP contribution is -2.26. The fraction of sp³-hybridized carbons (Fsp3) is 0.417. The number of nitrogens with zero attached hydrogens (tertiary/aromatic N) is 5. The largest absolute Gasteiger partial charge is 0.858 e. The molecule has 9 heteroatoms. The highest BCUT2D eigenvalue weighted by Crippen LogP contribution is 2.22. The monoisotopic (exact) mass is 308 g/mol. The number of azo groups is 1. The van der Waals surface area contributed by atoms with Gasteiger partial charge in [0, 0.05) is 19.2 Å².